The molecule has 3 nitrogen and oxygen atoms in total. The zero-order valence-electron chi connectivity index (χ0n) is 6.57. The Morgan fingerprint density at radius 2 is 2.50 bits per heavy atom. The summed E-state index contributed by atoms with van der Waals surface area (Å²) < 4.78 is 9.79. The van der Waals surface area contributed by atoms with Crippen molar-refractivity contribution in [2.24, 2.45) is 0 Å². The fourth-order valence-electron chi connectivity index (χ4n) is 0.642. The van der Waals surface area contributed by atoms with Gasteiger partial charge in [-0.05, 0) is 11.4 Å². The van der Waals surface area contributed by atoms with E-state index in [2.05, 4.69) is 6.58 Å². The van der Waals surface area contributed by atoms with Gasteiger partial charge in [-0.1, -0.05) is 6.58 Å². The minimum atomic E-state index is -0.476. The lowest BCUT2D eigenvalue weighted by molar-refractivity contribution is -0.128. The quantitative estimate of drug-likeness (QED) is 0.531. The number of thiophene rings is 1. The molecule has 1 rings (SSSR count). The average Bonchev–Trinajstić information content (AvgIpc) is 2.51. The van der Waals surface area contributed by atoms with E-state index >= 15 is 0 Å². The fraction of sp³-hybridized carbons (Fsp3) is 0.125. The molecule has 0 saturated heterocycles. The van der Waals surface area contributed by atoms with Gasteiger partial charge in [0.1, 0.15) is 0 Å². The molecule has 1 heterocycles. The summed E-state index contributed by atoms with van der Waals surface area (Å²) in [6, 6.07) is 1.73. The van der Waals surface area contributed by atoms with Gasteiger partial charge in [0, 0.05) is 6.08 Å². The number of carbonyl (C=O) groups is 1. The predicted octanol–water partition coefficient (Wildman–Crippen LogP) is 1.85. The van der Waals surface area contributed by atoms with Gasteiger partial charge < -0.3 is 9.47 Å². The van der Waals surface area contributed by atoms with E-state index in [4.69, 9.17) is 9.47 Å². The molecular weight excluding hydrogens is 176 g/mol. The second-order valence-corrected chi connectivity index (χ2v) is 2.78. The van der Waals surface area contributed by atoms with Crippen LogP contribution in [-0.4, -0.2) is 13.1 Å². The lowest BCUT2D eigenvalue weighted by atomic mass is 10.6. The first-order chi connectivity index (χ1) is 5.77. The van der Waals surface area contributed by atoms with Crippen LogP contribution in [0.2, 0.25) is 0 Å². The molecule has 0 spiro atoms. The molecule has 0 aliphatic rings. The van der Waals surface area contributed by atoms with Gasteiger partial charge in [-0.15, -0.1) is 11.3 Å². The molecule has 64 valence electrons. The van der Waals surface area contributed by atoms with Crippen LogP contribution in [0.15, 0.2) is 24.1 Å². The lowest BCUT2D eigenvalue weighted by Crippen LogP contribution is -2.02. The summed E-state index contributed by atoms with van der Waals surface area (Å²) in [5.41, 5.74) is 0. The van der Waals surface area contributed by atoms with E-state index in [-0.39, 0.29) is 0 Å². The van der Waals surface area contributed by atoms with Gasteiger partial charge in [0.25, 0.3) is 0 Å². The molecular formula is C8H8O3S. The van der Waals surface area contributed by atoms with E-state index in [1.807, 2.05) is 0 Å². The first-order valence-corrected chi connectivity index (χ1v) is 4.11. The molecule has 0 aromatic carbocycles. The number of ether oxygens (including phenoxy) is 2. The van der Waals surface area contributed by atoms with E-state index in [1.54, 1.807) is 11.4 Å². The maximum absolute atomic E-state index is 10.8. The van der Waals surface area contributed by atoms with Gasteiger partial charge in [-0.25, -0.2) is 4.79 Å². The molecule has 0 unspecified atom stereocenters. The molecule has 0 radical (unpaired) electrons. The van der Waals surface area contributed by atoms with E-state index in [0.29, 0.717) is 10.8 Å². The Hall–Kier alpha value is -1.29. The minimum Gasteiger partial charge on any atom is -0.492 e. The average molecular weight is 184 g/mol. The van der Waals surface area contributed by atoms with Crippen LogP contribution >= 0.6 is 11.3 Å². The molecule has 0 amide bonds. The monoisotopic (exact) mass is 184 g/mol. The van der Waals surface area contributed by atoms with Crippen molar-refractivity contribution in [3.05, 3.63) is 24.1 Å². The number of esters is 1. The molecule has 1 aromatic heterocycles. The Bertz CT molecular complexity index is 290. The second kappa shape index (κ2) is 3.92. The Kier molecular flexibility index (Phi) is 2.88. The normalized spacial score (nSPS) is 9.08. The Morgan fingerprint density at radius 3 is 3.08 bits per heavy atom. The zero-order chi connectivity index (χ0) is 8.97. The smallest absolute Gasteiger partial charge is 0.336 e. The SMILES string of the molecule is C=CC(=O)Oc1sccc1OC. The number of hydrogen-bond donors (Lipinski definition) is 0. The highest BCUT2D eigenvalue weighted by Crippen LogP contribution is 2.33. The highest BCUT2D eigenvalue weighted by Gasteiger charge is 2.07. The van der Waals surface area contributed by atoms with Crippen LogP contribution in [0, 0.1) is 0 Å². The van der Waals surface area contributed by atoms with Crippen LogP contribution < -0.4 is 9.47 Å². The van der Waals surface area contributed by atoms with Crippen molar-refractivity contribution in [1.82, 2.24) is 0 Å². The van der Waals surface area contributed by atoms with Crippen LogP contribution in [0.3, 0.4) is 0 Å². The summed E-state index contributed by atoms with van der Waals surface area (Å²) in [6.07, 6.45) is 1.11. The van der Waals surface area contributed by atoms with Crippen LogP contribution in [0.4, 0.5) is 0 Å². The molecule has 0 aliphatic carbocycles. The first-order valence-electron chi connectivity index (χ1n) is 3.23. The van der Waals surface area contributed by atoms with Crippen molar-refractivity contribution < 1.29 is 14.3 Å². The molecule has 0 N–H and O–H groups in total. The highest BCUT2D eigenvalue weighted by atomic mass is 32.1. The van der Waals surface area contributed by atoms with Gasteiger partial charge in [0.05, 0.1) is 7.11 Å². The van der Waals surface area contributed by atoms with Gasteiger partial charge >= 0.3 is 5.97 Å². The summed E-state index contributed by atoms with van der Waals surface area (Å²) in [7, 11) is 1.52. The van der Waals surface area contributed by atoms with E-state index in [9.17, 15) is 4.79 Å². The molecule has 0 saturated carbocycles. The molecule has 1 aromatic rings. The molecule has 0 atom stereocenters. The van der Waals surface area contributed by atoms with Gasteiger partial charge in [-0.2, -0.15) is 0 Å². The van der Waals surface area contributed by atoms with Gasteiger partial charge in [0.15, 0.2) is 5.75 Å². The van der Waals surface area contributed by atoms with Crippen LogP contribution in [0.5, 0.6) is 10.8 Å². The van der Waals surface area contributed by atoms with Crippen molar-refractivity contribution >= 4 is 17.3 Å². The highest BCUT2D eigenvalue weighted by molar-refractivity contribution is 7.12. The molecule has 0 aliphatic heterocycles. The Morgan fingerprint density at radius 1 is 1.75 bits per heavy atom. The fourth-order valence-corrected chi connectivity index (χ4v) is 1.36. The third kappa shape index (κ3) is 1.85. The molecule has 12 heavy (non-hydrogen) atoms. The van der Waals surface area contributed by atoms with Crippen LogP contribution in [-0.2, 0) is 4.79 Å². The van der Waals surface area contributed by atoms with Crippen molar-refractivity contribution in [2.45, 2.75) is 0 Å². The van der Waals surface area contributed by atoms with E-state index in [0.717, 1.165) is 6.08 Å². The van der Waals surface area contributed by atoms with Crippen molar-refractivity contribution in [1.29, 1.82) is 0 Å². The maximum atomic E-state index is 10.8. The van der Waals surface area contributed by atoms with Gasteiger partial charge in [0.2, 0.25) is 5.06 Å². The van der Waals surface area contributed by atoms with E-state index < -0.39 is 5.97 Å². The zero-order valence-corrected chi connectivity index (χ0v) is 7.39. The van der Waals surface area contributed by atoms with Crippen LogP contribution in [0.25, 0.3) is 0 Å². The summed E-state index contributed by atoms with van der Waals surface area (Å²) in [6.45, 7) is 3.29. The standard InChI is InChI=1S/C8H8O3S/c1-3-7(9)11-8-6(10-2)4-5-12-8/h3-5H,1H2,2H3. The third-order valence-corrected chi connectivity index (χ3v) is 1.95. The van der Waals surface area contributed by atoms with Gasteiger partial charge in [-0.3, -0.25) is 0 Å². The molecule has 0 fully saturated rings. The predicted molar refractivity (Wildman–Crippen MR) is 46.7 cm³/mol. The molecule has 4 heteroatoms. The largest absolute Gasteiger partial charge is 0.492 e. The summed E-state index contributed by atoms with van der Waals surface area (Å²) in [5, 5.41) is 2.24. The van der Waals surface area contributed by atoms with Crippen molar-refractivity contribution in [2.75, 3.05) is 7.11 Å². The van der Waals surface area contributed by atoms with E-state index in [1.165, 1.54) is 18.4 Å². The minimum absolute atomic E-state index is 0.461. The summed E-state index contributed by atoms with van der Waals surface area (Å²) in [4.78, 5) is 10.8. The summed E-state index contributed by atoms with van der Waals surface area (Å²) in [5.74, 6) is 0.0888. The molecule has 0 bridgehead atoms. The second-order valence-electron chi connectivity index (χ2n) is 1.90. The lowest BCUT2D eigenvalue weighted by Gasteiger charge is -2.00. The Labute approximate surface area is 74.2 Å². The number of carbonyl (C=O) groups excluding carboxylic acids is 1. The van der Waals surface area contributed by atoms with Crippen molar-refractivity contribution in [3.63, 3.8) is 0 Å². The van der Waals surface area contributed by atoms with Crippen molar-refractivity contribution in [3.8, 4) is 10.8 Å². The maximum Gasteiger partial charge on any atom is 0.336 e. The number of methoxy groups -OCH3 is 1. The Balaban J connectivity index is 2.74. The van der Waals surface area contributed by atoms with Crippen LogP contribution in [0.1, 0.15) is 0 Å². The first kappa shape index (κ1) is 8.80. The number of hydrogen-bond acceptors (Lipinski definition) is 4. The third-order valence-electron chi connectivity index (χ3n) is 1.18. The summed E-state index contributed by atoms with van der Waals surface area (Å²) >= 11 is 1.30. The topological polar surface area (TPSA) is 35.5 Å². The number of rotatable bonds is 3.